The second-order valence-electron chi connectivity index (χ2n) is 21.2. The summed E-state index contributed by atoms with van der Waals surface area (Å²) >= 11 is 0. The molecule has 0 aromatic carbocycles. The van der Waals surface area contributed by atoms with Crippen LogP contribution in [0.1, 0.15) is 85.5 Å². The van der Waals surface area contributed by atoms with Gasteiger partial charge < -0.3 is 94.1 Å². The number of fused-ring (bicyclic) bond motifs is 7. The van der Waals surface area contributed by atoms with E-state index in [1.807, 2.05) is 6.92 Å². The molecule has 0 bridgehead atoms. The molecule has 0 amide bonds. The molecule has 4 saturated heterocycles. The number of hydrogen-bond donors (Lipinski definition) is 11. The van der Waals surface area contributed by atoms with Gasteiger partial charge in [0, 0.05) is 19.4 Å². The minimum absolute atomic E-state index is 0.0262. The number of aliphatic hydroxyl groups is 11. The fraction of sp³-hybridized carbons (Fsp3) is 0.957. The predicted octanol–water partition coefficient (Wildman–Crippen LogP) is -1.20. The van der Waals surface area contributed by atoms with Crippen molar-refractivity contribution in [2.75, 3.05) is 33.5 Å². The van der Waals surface area contributed by atoms with Crippen molar-refractivity contribution in [2.45, 2.75) is 196 Å². The van der Waals surface area contributed by atoms with E-state index in [0.29, 0.717) is 49.4 Å². The number of hydrogen-bond acceptors (Lipinski definition) is 19. The van der Waals surface area contributed by atoms with Gasteiger partial charge in [0.05, 0.1) is 38.6 Å². The van der Waals surface area contributed by atoms with Gasteiger partial charge in [-0.3, -0.25) is 0 Å². The zero-order valence-corrected chi connectivity index (χ0v) is 38.2. The van der Waals surface area contributed by atoms with Gasteiger partial charge in [0.15, 0.2) is 24.7 Å². The van der Waals surface area contributed by atoms with E-state index in [2.05, 4.69) is 26.8 Å². The minimum atomic E-state index is -1.75. The van der Waals surface area contributed by atoms with E-state index in [4.69, 9.17) is 37.9 Å². The lowest BCUT2D eigenvalue weighted by atomic mass is 9.47. The zero-order valence-electron chi connectivity index (χ0n) is 38.2. The summed E-state index contributed by atoms with van der Waals surface area (Å²) in [5.74, 6) is 1.16. The van der Waals surface area contributed by atoms with Gasteiger partial charge in [0.25, 0.3) is 0 Å². The molecule has 26 atom stereocenters. The van der Waals surface area contributed by atoms with Gasteiger partial charge in [-0.1, -0.05) is 39.3 Å². The Morgan fingerprint density at radius 3 is 1.97 bits per heavy atom. The Hall–Kier alpha value is -1.02. The topological polar surface area (TPSA) is 296 Å². The summed E-state index contributed by atoms with van der Waals surface area (Å²) in [7, 11) is 1.73. The highest BCUT2D eigenvalue weighted by molar-refractivity contribution is 5.26. The first kappa shape index (κ1) is 50.4. The van der Waals surface area contributed by atoms with E-state index in [1.54, 1.807) is 7.11 Å². The van der Waals surface area contributed by atoms with Crippen LogP contribution >= 0.6 is 0 Å². The molecule has 4 aliphatic carbocycles. The standard InChI is InChI=1S/C46H76O19/c1-20(19-59-41-37(55)34(52)32(50)28(16-47)61-41)8-13-46(58-5)21(2)31-27(65-46)15-26-24-7-6-22-14-23(9-11-44(22,3)25(24)10-12-45(26,31)4)60-42-39(57)36(54)40(30(18-49)63-42)64-43-38(56)35(53)33(51)29(17-48)62-43/h6,20-21,23-43,47-57H,7-19H2,1-5H3/t20-,21-,23-,24+,25-,26-,27-,28+,29+,30+,31-,32+,33+,34-,35-,36+,37+,38+,39+,40-,41+,42+,43-,44-,45-,46-/m0/s1. The Labute approximate surface area is 380 Å². The number of aliphatic hydroxyl groups excluding tert-OH is 11. The predicted molar refractivity (Wildman–Crippen MR) is 224 cm³/mol. The molecular weight excluding hydrogens is 856 g/mol. The summed E-state index contributed by atoms with van der Waals surface area (Å²) in [6.45, 7) is 7.56. The van der Waals surface area contributed by atoms with Crippen LogP contribution in [0.5, 0.6) is 0 Å². The van der Waals surface area contributed by atoms with Crippen LogP contribution in [0.15, 0.2) is 11.6 Å². The molecule has 0 aromatic heterocycles. The van der Waals surface area contributed by atoms with Crippen LogP contribution in [0.25, 0.3) is 0 Å². The van der Waals surface area contributed by atoms with Gasteiger partial charge in [-0.25, -0.2) is 0 Å². The first-order valence-electron chi connectivity index (χ1n) is 23.9. The van der Waals surface area contributed by atoms with Crippen LogP contribution in [0, 0.1) is 46.3 Å². The zero-order chi connectivity index (χ0) is 46.9. The molecule has 4 heterocycles. The molecule has 65 heavy (non-hydrogen) atoms. The summed E-state index contributed by atoms with van der Waals surface area (Å²) in [6, 6.07) is 0. The molecule has 0 aromatic rings. The fourth-order valence-corrected chi connectivity index (χ4v) is 13.9. The summed E-state index contributed by atoms with van der Waals surface area (Å²) in [5, 5.41) is 113. The minimum Gasteiger partial charge on any atom is -0.394 e. The molecule has 374 valence electrons. The lowest BCUT2D eigenvalue weighted by Gasteiger charge is -2.58. The second-order valence-corrected chi connectivity index (χ2v) is 21.2. The highest BCUT2D eigenvalue weighted by Gasteiger charge is 2.68. The summed E-state index contributed by atoms with van der Waals surface area (Å²) in [4.78, 5) is 0. The monoisotopic (exact) mass is 932 g/mol. The summed E-state index contributed by atoms with van der Waals surface area (Å²) in [6.07, 6.45) is -11.9. The van der Waals surface area contributed by atoms with E-state index >= 15 is 0 Å². The van der Waals surface area contributed by atoms with E-state index in [0.717, 1.165) is 32.1 Å². The second kappa shape index (κ2) is 19.6. The van der Waals surface area contributed by atoms with Gasteiger partial charge in [-0.15, -0.1) is 0 Å². The first-order valence-corrected chi connectivity index (χ1v) is 23.9. The Morgan fingerprint density at radius 1 is 0.723 bits per heavy atom. The third-order valence-electron chi connectivity index (χ3n) is 17.7. The van der Waals surface area contributed by atoms with Crippen molar-refractivity contribution in [3.63, 3.8) is 0 Å². The SMILES string of the molecule is CO[C@@]1(CC[C@H](C)CO[C@@H]2O[C@H](CO)[C@@H](O)[C@H](O)[C@H]2O)O[C@H]2C[C@H]3[C@@H]4CC=C5C[C@@H](O[C@@H]6O[C@H](CO)[C@H](O[C@@H]7O[C@H](CO)[C@@H](O)[C@H](O)[C@H]7O)[C@H](O)[C@H]6O)CC[C@]5(C)[C@H]4CC[C@]3(C)[C@H]2[C@@H]1C. The molecule has 19 nitrogen and oxygen atoms in total. The highest BCUT2D eigenvalue weighted by Crippen LogP contribution is 2.70. The Balaban J connectivity index is 0.863. The summed E-state index contributed by atoms with van der Waals surface area (Å²) < 4.78 is 48.2. The van der Waals surface area contributed by atoms with Gasteiger partial charge >= 0.3 is 0 Å². The van der Waals surface area contributed by atoms with Crippen LogP contribution < -0.4 is 0 Å². The molecule has 0 spiro atoms. The van der Waals surface area contributed by atoms with Crippen LogP contribution in [0.4, 0.5) is 0 Å². The number of ether oxygens (including phenoxy) is 8. The number of rotatable bonds is 14. The van der Waals surface area contributed by atoms with E-state index < -0.39 is 118 Å². The van der Waals surface area contributed by atoms with Gasteiger partial charge in [0.1, 0.15) is 73.2 Å². The van der Waals surface area contributed by atoms with Crippen molar-refractivity contribution < 1.29 is 94.1 Å². The molecule has 8 rings (SSSR count). The Kier molecular flexibility index (Phi) is 15.2. The first-order chi connectivity index (χ1) is 30.9. The lowest BCUT2D eigenvalue weighted by Crippen LogP contribution is -2.65. The van der Waals surface area contributed by atoms with Crippen LogP contribution in [-0.4, -0.2) is 200 Å². The molecular formula is C46H76O19. The molecule has 7 fully saturated rings. The van der Waals surface area contributed by atoms with Crippen molar-refractivity contribution in [3.05, 3.63) is 11.6 Å². The Bertz CT molecular complexity index is 1640. The normalized spacial score (nSPS) is 53.7. The lowest BCUT2D eigenvalue weighted by molar-refractivity contribution is -0.363. The Morgan fingerprint density at radius 2 is 1.32 bits per heavy atom. The van der Waals surface area contributed by atoms with Crippen LogP contribution in [0.3, 0.4) is 0 Å². The molecule has 19 heteroatoms. The number of allylic oxidation sites excluding steroid dienone is 1. The molecule has 8 aliphatic rings. The average Bonchev–Trinajstić information content (AvgIpc) is 3.76. The molecule has 3 saturated carbocycles. The maximum atomic E-state index is 11.2. The maximum absolute atomic E-state index is 11.2. The molecule has 4 aliphatic heterocycles. The average molecular weight is 933 g/mol. The van der Waals surface area contributed by atoms with Gasteiger partial charge in [-0.2, -0.15) is 0 Å². The van der Waals surface area contributed by atoms with Gasteiger partial charge in [-0.05, 0) is 91.8 Å². The molecule has 11 N–H and O–H groups in total. The van der Waals surface area contributed by atoms with Crippen molar-refractivity contribution >= 4 is 0 Å². The third-order valence-corrected chi connectivity index (χ3v) is 17.7. The van der Waals surface area contributed by atoms with Gasteiger partial charge in [0.2, 0.25) is 0 Å². The third kappa shape index (κ3) is 8.82. The smallest absolute Gasteiger partial charge is 0.187 e. The van der Waals surface area contributed by atoms with Crippen molar-refractivity contribution in [1.82, 2.24) is 0 Å². The summed E-state index contributed by atoms with van der Waals surface area (Å²) in [5.41, 5.74) is 1.36. The molecule has 0 unspecified atom stereocenters. The fourth-order valence-electron chi connectivity index (χ4n) is 13.9. The highest BCUT2D eigenvalue weighted by atomic mass is 16.7. The van der Waals surface area contributed by atoms with Crippen molar-refractivity contribution in [2.24, 2.45) is 46.3 Å². The van der Waals surface area contributed by atoms with Crippen LogP contribution in [0.2, 0.25) is 0 Å². The molecule has 0 radical (unpaired) electrons. The van der Waals surface area contributed by atoms with E-state index in [9.17, 15) is 56.2 Å². The largest absolute Gasteiger partial charge is 0.394 e. The van der Waals surface area contributed by atoms with Crippen LogP contribution in [-0.2, 0) is 37.9 Å². The van der Waals surface area contributed by atoms with Crippen molar-refractivity contribution in [1.29, 1.82) is 0 Å². The number of methoxy groups -OCH3 is 1. The van der Waals surface area contributed by atoms with E-state index in [-0.39, 0.29) is 41.5 Å². The quantitative estimate of drug-likeness (QED) is 0.0912. The van der Waals surface area contributed by atoms with E-state index in [1.165, 1.54) is 5.57 Å². The van der Waals surface area contributed by atoms with Crippen molar-refractivity contribution in [3.8, 4) is 0 Å². The maximum Gasteiger partial charge on any atom is 0.187 e.